The molecule has 0 spiro atoms. The molecular formula is C20H22N8O. The fourth-order valence-electron chi connectivity index (χ4n) is 3.18. The highest BCUT2D eigenvalue weighted by Crippen LogP contribution is 2.43. The van der Waals surface area contributed by atoms with E-state index in [9.17, 15) is 5.26 Å². The molecule has 29 heavy (non-hydrogen) atoms. The summed E-state index contributed by atoms with van der Waals surface area (Å²) in [6, 6.07) is 8.87. The van der Waals surface area contributed by atoms with Gasteiger partial charge < -0.3 is 21.5 Å². The number of unbranched alkanes of at least 4 members (excludes halogenated alkanes) is 2. The van der Waals surface area contributed by atoms with Crippen LogP contribution in [0.3, 0.4) is 0 Å². The number of nitrogens with zero attached hydrogens (tertiary/aromatic N) is 4. The van der Waals surface area contributed by atoms with Gasteiger partial charge in [-0.25, -0.2) is 9.98 Å². The van der Waals surface area contributed by atoms with Crippen LogP contribution >= 0.6 is 0 Å². The summed E-state index contributed by atoms with van der Waals surface area (Å²) in [4.78, 5) is 8.84. The third-order valence-electron chi connectivity index (χ3n) is 4.58. The van der Waals surface area contributed by atoms with Crippen molar-refractivity contribution in [2.24, 2.45) is 4.99 Å². The lowest BCUT2D eigenvalue weighted by Gasteiger charge is -2.27. The van der Waals surface area contributed by atoms with Gasteiger partial charge in [-0.15, -0.1) is 0 Å². The zero-order valence-electron chi connectivity index (χ0n) is 16.1. The molecule has 1 aromatic heterocycles. The van der Waals surface area contributed by atoms with E-state index in [-0.39, 0.29) is 23.0 Å². The average Bonchev–Trinajstić information content (AvgIpc) is 2.71. The van der Waals surface area contributed by atoms with Crippen molar-refractivity contribution in [2.45, 2.75) is 32.2 Å². The van der Waals surface area contributed by atoms with Gasteiger partial charge in [-0.05, 0) is 12.5 Å². The summed E-state index contributed by atoms with van der Waals surface area (Å²) in [5, 5.41) is 23.8. The summed E-state index contributed by atoms with van der Waals surface area (Å²) >= 11 is 0. The van der Waals surface area contributed by atoms with Crippen molar-refractivity contribution in [1.29, 1.82) is 10.5 Å². The van der Waals surface area contributed by atoms with Crippen molar-refractivity contribution >= 4 is 23.3 Å². The van der Waals surface area contributed by atoms with E-state index < -0.39 is 6.04 Å². The van der Waals surface area contributed by atoms with Crippen LogP contribution in [0.1, 0.15) is 48.9 Å². The van der Waals surface area contributed by atoms with Crippen molar-refractivity contribution in [2.75, 3.05) is 23.4 Å². The molecule has 2 aromatic rings. The number of nitrogen functional groups attached to an aromatic ring is 2. The molecule has 2 heterocycles. The van der Waals surface area contributed by atoms with Crippen LogP contribution in [0.25, 0.3) is 0 Å². The molecule has 0 saturated heterocycles. The number of hydrogen-bond acceptors (Lipinski definition) is 9. The summed E-state index contributed by atoms with van der Waals surface area (Å²) in [5.41, 5.74) is 13.7. The first-order chi connectivity index (χ1) is 14.1. The normalized spacial score (nSPS) is 14.6. The van der Waals surface area contributed by atoms with E-state index in [2.05, 4.69) is 27.5 Å². The Balaban J connectivity index is 2.10. The number of aliphatic imine (C=N–C) groups is 1. The van der Waals surface area contributed by atoms with Crippen molar-refractivity contribution in [1.82, 2.24) is 10.3 Å². The van der Waals surface area contributed by atoms with E-state index in [1.54, 1.807) is 0 Å². The number of rotatable bonds is 6. The van der Waals surface area contributed by atoms with Gasteiger partial charge in [-0.3, -0.25) is 5.32 Å². The van der Waals surface area contributed by atoms with Gasteiger partial charge in [0.2, 0.25) is 5.96 Å². The van der Waals surface area contributed by atoms with Crippen molar-refractivity contribution in [3.8, 4) is 18.0 Å². The van der Waals surface area contributed by atoms with Crippen LogP contribution in [-0.4, -0.2) is 17.6 Å². The van der Waals surface area contributed by atoms with Gasteiger partial charge in [0.05, 0.1) is 12.3 Å². The number of ether oxygens (including phenoxy) is 1. The topological polar surface area (TPSA) is 158 Å². The second-order valence-corrected chi connectivity index (χ2v) is 6.50. The van der Waals surface area contributed by atoms with E-state index in [0.29, 0.717) is 23.7 Å². The number of para-hydroxylation sites is 1. The zero-order chi connectivity index (χ0) is 20.8. The van der Waals surface area contributed by atoms with Crippen molar-refractivity contribution in [3.63, 3.8) is 0 Å². The molecule has 9 heteroatoms. The third-order valence-corrected chi connectivity index (χ3v) is 4.58. The number of nitriles is 2. The second kappa shape index (κ2) is 8.81. The average molecular weight is 390 g/mol. The maximum atomic E-state index is 9.43. The highest BCUT2D eigenvalue weighted by molar-refractivity contribution is 5.98. The quantitative estimate of drug-likeness (QED) is 0.333. The highest BCUT2D eigenvalue weighted by Gasteiger charge is 2.31. The highest BCUT2D eigenvalue weighted by atomic mass is 16.5. The van der Waals surface area contributed by atoms with Gasteiger partial charge in [0.25, 0.3) is 0 Å². The number of guanidine groups is 1. The molecule has 3 rings (SSSR count). The first-order valence-electron chi connectivity index (χ1n) is 9.31. The molecule has 1 unspecified atom stereocenters. The Morgan fingerprint density at radius 3 is 2.76 bits per heavy atom. The zero-order valence-corrected chi connectivity index (χ0v) is 16.1. The smallest absolute Gasteiger partial charge is 0.211 e. The fourth-order valence-corrected chi connectivity index (χ4v) is 3.18. The predicted octanol–water partition coefficient (Wildman–Crippen LogP) is 2.63. The number of fused-ring (bicyclic) bond motifs is 1. The van der Waals surface area contributed by atoms with Crippen LogP contribution in [0.15, 0.2) is 29.3 Å². The molecule has 0 bridgehead atoms. The number of nitrogens with one attached hydrogen (secondary N) is 2. The van der Waals surface area contributed by atoms with Crippen LogP contribution in [0.4, 0.5) is 17.3 Å². The Bertz CT molecular complexity index is 1020. The Morgan fingerprint density at radius 2 is 2.03 bits per heavy atom. The predicted molar refractivity (Wildman–Crippen MR) is 111 cm³/mol. The minimum atomic E-state index is -0.621. The lowest BCUT2D eigenvalue weighted by molar-refractivity contribution is 0.302. The van der Waals surface area contributed by atoms with Crippen LogP contribution < -0.4 is 26.8 Å². The van der Waals surface area contributed by atoms with E-state index in [1.165, 1.54) is 0 Å². The lowest BCUT2D eigenvalue weighted by atomic mass is 9.94. The summed E-state index contributed by atoms with van der Waals surface area (Å²) < 4.78 is 6.00. The summed E-state index contributed by atoms with van der Waals surface area (Å²) in [6.45, 7) is 2.71. The molecule has 0 radical (unpaired) electrons. The van der Waals surface area contributed by atoms with Crippen LogP contribution in [0, 0.1) is 22.8 Å². The molecule has 6 N–H and O–H groups in total. The van der Waals surface area contributed by atoms with Gasteiger partial charge >= 0.3 is 0 Å². The van der Waals surface area contributed by atoms with Gasteiger partial charge in [0.1, 0.15) is 35.1 Å². The van der Waals surface area contributed by atoms with E-state index in [1.807, 2.05) is 36.5 Å². The second-order valence-electron chi connectivity index (χ2n) is 6.50. The van der Waals surface area contributed by atoms with E-state index in [0.717, 1.165) is 24.8 Å². The van der Waals surface area contributed by atoms with E-state index in [4.69, 9.17) is 21.5 Å². The Morgan fingerprint density at radius 1 is 1.24 bits per heavy atom. The molecule has 148 valence electrons. The number of nitrogens with two attached hydrogens (primary N) is 2. The number of benzene rings is 1. The lowest BCUT2D eigenvalue weighted by Crippen LogP contribution is -2.32. The van der Waals surface area contributed by atoms with Gasteiger partial charge in [0, 0.05) is 11.1 Å². The number of pyridine rings is 1. The standard InChI is InChI=1S/C20H22N8O/c1-2-3-6-9-29-14-8-5-4-7-12(14)17-15-16(23)13(10-21)18(24)27-19(15)28-20(26-17)25-11-22/h4-5,7-8,17H,2-3,6,9H2,1H3,(H6,23,24,25,26,27,28). The van der Waals surface area contributed by atoms with Gasteiger partial charge in [-0.1, -0.05) is 38.0 Å². The van der Waals surface area contributed by atoms with Crippen molar-refractivity contribution < 1.29 is 4.74 Å². The molecular weight excluding hydrogens is 368 g/mol. The monoisotopic (exact) mass is 390 g/mol. The number of hydrogen-bond donors (Lipinski definition) is 4. The molecule has 1 aromatic carbocycles. The largest absolute Gasteiger partial charge is 0.493 e. The summed E-state index contributed by atoms with van der Waals surface area (Å²) in [7, 11) is 0. The molecule has 1 aliphatic rings. The molecule has 1 aliphatic heterocycles. The van der Waals surface area contributed by atoms with Crippen LogP contribution in [0.2, 0.25) is 0 Å². The Kier molecular flexibility index (Phi) is 6.00. The molecule has 0 saturated carbocycles. The fraction of sp³-hybridized carbons (Fsp3) is 0.300. The maximum absolute atomic E-state index is 9.43. The van der Waals surface area contributed by atoms with E-state index >= 15 is 0 Å². The molecule has 0 aliphatic carbocycles. The Hall–Kier alpha value is -3.98. The van der Waals surface area contributed by atoms with Crippen molar-refractivity contribution in [3.05, 3.63) is 41.0 Å². The summed E-state index contributed by atoms with van der Waals surface area (Å²) in [5.74, 6) is 1.23. The number of aromatic nitrogens is 1. The third kappa shape index (κ3) is 3.99. The SMILES string of the molecule is CCCCCOc1ccccc1C1N=C(NC#N)Nc2nc(N)c(C#N)c(N)c21. The molecule has 0 amide bonds. The summed E-state index contributed by atoms with van der Waals surface area (Å²) in [6.07, 6.45) is 4.95. The minimum absolute atomic E-state index is 0.0114. The van der Waals surface area contributed by atoms with Crippen LogP contribution in [0.5, 0.6) is 5.75 Å². The number of anilines is 3. The van der Waals surface area contributed by atoms with Gasteiger partial charge in [0.15, 0.2) is 6.19 Å². The molecule has 1 atom stereocenters. The molecule has 0 fully saturated rings. The Labute approximate surface area is 169 Å². The first-order valence-corrected chi connectivity index (χ1v) is 9.31. The maximum Gasteiger partial charge on any atom is 0.211 e. The van der Waals surface area contributed by atoms with Crippen LogP contribution in [-0.2, 0) is 0 Å². The van der Waals surface area contributed by atoms with Gasteiger partial charge in [-0.2, -0.15) is 10.5 Å². The first kappa shape index (κ1) is 19.8. The minimum Gasteiger partial charge on any atom is -0.493 e. The molecule has 9 nitrogen and oxygen atoms in total.